The van der Waals surface area contributed by atoms with E-state index in [1.165, 1.54) is 0 Å². The Morgan fingerprint density at radius 3 is 1.10 bits per heavy atom. The lowest BCUT2D eigenvalue weighted by atomic mass is 10.1. The molecule has 0 aliphatic heterocycles. The van der Waals surface area contributed by atoms with Crippen LogP contribution in [0.3, 0.4) is 0 Å². The number of esters is 1. The number of carbonyl (C=O) groups excluding carboxylic acids is 3. The number of alkyl halides is 13. The van der Waals surface area contributed by atoms with Gasteiger partial charge in [0.05, 0.1) is 35.1 Å². The molecule has 0 atom stereocenters. The van der Waals surface area contributed by atoms with Gasteiger partial charge in [0, 0.05) is 18.2 Å². The van der Waals surface area contributed by atoms with Gasteiger partial charge in [-0.15, -0.1) is 0 Å². The number of rotatable bonds is 11. The van der Waals surface area contributed by atoms with Crippen LogP contribution >= 0.6 is 15.9 Å². The lowest BCUT2D eigenvalue weighted by Gasteiger charge is -2.14. The summed E-state index contributed by atoms with van der Waals surface area (Å²) >= 11 is 2.82. The fourth-order valence-electron chi connectivity index (χ4n) is 3.08. The molecule has 0 spiro atoms. The summed E-state index contributed by atoms with van der Waals surface area (Å²) in [6, 6.07) is 2.08. The molecule has 0 aliphatic rings. The highest BCUT2D eigenvalue weighted by Crippen LogP contribution is 2.38. The first-order chi connectivity index (χ1) is 23.0. The van der Waals surface area contributed by atoms with Crippen LogP contribution in [0.15, 0.2) is 36.4 Å². The largest absolute Gasteiger partial charge is 0.481 e. The van der Waals surface area contributed by atoms with Gasteiger partial charge in [0.15, 0.2) is 0 Å². The highest BCUT2D eigenvalue weighted by atomic mass is 79.9. The topological polar surface area (TPSA) is 172 Å². The van der Waals surface area contributed by atoms with E-state index in [4.69, 9.17) is 15.3 Å². The minimum atomic E-state index is -5.06. The molecule has 0 radical (unpaired) electrons. The second-order valence-corrected chi connectivity index (χ2v) is 10.0. The average molecular weight is 825 g/mol. The van der Waals surface area contributed by atoms with Crippen molar-refractivity contribution in [2.45, 2.75) is 62.3 Å². The van der Waals surface area contributed by atoms with Crippen LogP contribution in [-0.2, 0) is 70.1 Å². The van der Waals surface area contributed by atoms with Gasteiger partial charge < -0.3 is 20.1 Å². The molecular weight excluding hydrogens is 804 g/mol. The zero-order valence-electron chi connectivity index (χ0n) is 24.8. The number of benzene rings is 2. The van der Waals surface area contributed by atoms with E-state index < -0.39 is 120 Å². The Morgan fingerprint density at radius 2 is 0.824 bits per heavy atom. The van der Waals surface area contributed by atoms with Crippen LogP contribution in [0.25, 0.3) is 0 Å². The Balaban J connectivity index is 0.000000819. The highest BCUT2D eigenvalue weighted by Gasteiger charge is 2.38. The van der Waals surface area contributed by atoms with Crippen LogP contribution in [-0.4, -0.2) is 50.8 Å². The van der Waals surface area contributed by atoms with Crippen molar-refractivity contribution in [3.05, 3.63) is 69.8 Å². The van der Waals surface area contributed by atoms with Gasteiger partial charge in [-0.1, -0.05) is 15.9 Å². The SMILES string of the molecule is FC(F)(F)c1cc(CBr)cc(C(F)(F)F)c1.O=C(O)CCC(=O)C(=O)O.O=C(O)CCC(=O)C(=O)OCc1cc(C(F)(F)F)cc(C(F)(F)F)c1. The van der Waals surface area contributed by atoms with Crippen molar-refractivity contribution in [2.24, 2.45) is 0 Å². The van der Waals surface area contributed by atoms with E-state index in [0.717, 1.165) is 0 Å². The van der Waals surface area contributed by atoms with Crippen molar-refractivity contribution in [1.82, 2.24) is 0 Å². The van der Waals surface area contributed by atoms with Crippen LogP contribution < -0.4 is 0 Å². The molecule has 0 saturated heterocycles. The van der Waals surface area contributed by atoms with Gasteiger partial charge in [0.25, 0.3) is 0 Å². The molecule has 23 heteroatoms. The molecule has 0 aliphatic carbocycles. The van der Waals surface area contributed by atoms with Crippen LogP contribution in [0.2, 0.25) is 0 Å². The lowest BCUT2D eigenvalue weighted by Crippen LogP contribution is -2.19. The minimum absolute atomic E-state index is 0.0675. The van der Waals surface area contributed by atoms with Crippen LogP contribution in [0.1, 0.15) is 59.1 Å². The van der Waals surface area contributed by atoms with Gasteiger partial charge in [-0.2, -0.15) is 52.7 Å². The standard InChI is InChI=1S/C14H10F6O5.C9H5BrF6.C5H6O5/c15-13(16,17)8-3-7(4-9(5-8)14(18,19)20)6-25-12(24)10(21)1-2-11(22)23;10-4-5-1-6(8(11,12)13)3-7(2-5)9(14,15)16;6-3(5(9)10)1-2-4(7)8/h3-5H,1-2,6H2,(H,22,23);1-3H,4H2;1-2H2,(H,7,8)(H,9,10). The molecule has 0 heterocycles. The van der Waals surface area contributed by atoms with E-state index >= 15 is 0 Å². The molecule has 0 fully saturated rings. The van der Waals surface area contributed by atoms with Crippen LogP contribution in [0.4, 0.5) is 52.7 Å². The van der Waals surface area contributed by atoms with Crippen LogP contribution in [0.5, 0.6) is 0 Å². The molecule has 0 aromatic heterocycles. The Bertz CT molecular complexity index is 1520. The van der Waals surface area contributed by atoms with E-state index in [0.29, 0.717) is 24.3 Å². The van der Waals surface area contributed by atoms with Gasteiger partial charge in [0.2, 0.25) is 11.6 Å². The molecule has 51 heavy (non-hydrogen) atoms. The average Bonchev–Trinajstić information content (AvgIpc) is 2.99. The third-order valence-corrected chi connectivity index (χ3v) is 6.06. The molecule has 2 aromatic rings. The minimum Gasteiger partial charge on any atom is -0.481 e. The fraction of sp³-hybridized carbons (Fsp3) is 0.357. The predicted octanol–water partition coefficient (Wildman–Crippen LogP) is 7.33. The molecule has 0 saturated carbocycles. The second-order valence-electron chi connectivity index (χ2n) is 9.48. The summed E-state index contributed by atoms with van der Waals surface area (Å²) < 4.78 is 154. The number of hydrogen-bond donors (Lipinski definition) is 3. The monoisotopic (exact) mass is 824 g/mol. The first-order valence-electron chi connectivity index (χ1n) is 13.0. The van der Waals surface area contributed by atoms with Crippen molar-refractivity contribution >= 4 is 51.4 Å². The smallest absolute Gasteiger partial charge is 0.416 e. The van der Waals surface area contributed by atoms with E-state index in [1.807, 2.05) is 0 Å². The number of ketones is 2. The van der Waals surface area contributed by atoms with Crippen molar-refractivity contribution in [2.75, 3.05) is 0 Å². The number of halogens is 13. The van der Waals surface area contributed by atoms with Gasteiger partial charge in [-0.3, -0.25) is 19.2 Å². The Hall–Kier alpha value is -4.70. The molecule has 2 rings (SSSR count). The lowest BCUT2D eigenvalue weighted by molar-refractivity contribution is -0.155. The molecular formula is C28H21BrF12O10. The second kappa shape index (κ2) is 19.1. The zero-order valence-corrected chi connectivity index (χ0v) is 26.4. The van der Waals surface area contributed by atoms with E-state index in [-0.39, 0.29) is 23.0 Å². The number of carboxylic acid groups (broad SMARTS) is 3. The summed E-state index contributed by atoms with van der Waals surface area (Å²) in [4.78, 5) is 62.5. The number of carboxylic acids is 3. The Morgan fingerprint density at radius 1 is 0.510 bits per heavy atom. The van der Waals surface area contributed by atoms with E-state index in [9.17, 15) is 81.5 Å². The zero-order chi connectivity index (χ0) is 40.1. The summed E-state index contributed by atoms with van der Waals surface area (Å²) in [6.45, 7) is -1.01. The van der Waals surface area contributed by atoms with E-state index in [1.54, 1.807) is 0 Å². The van der Waals surface area contributed by atoms with Crippen molar-refractivity contribution in [3.8, 4) is 0 Å². The van der Waals surface area contributed by atoms with Gasteiger partial charge >= 0.3 is 48.6 Å². The van der Waals surface area contributed by atoms with Gasteiger partial charge in [-0.25, -0.2) is 9.59 Å². The first-order valence-corrected chi connectivity index (χ1v) is 14.1. The molecule has 2 aromatic carbocycles. The van der Waals surface area contributed by atoms with Gasteiger partial charge in [0.1, 0.15) is 6.61 Å². The number of ether oxygens (including phenoxy) is 1. The Kier molecular flexibility index (Phi) is 17.3. The summed E-state index contributed by atoms with van der Waals surface area (Å²) in [5.41, 5.74) is -6.46. The Labute approximate surface area is 285 Å². The number of aliphatic carboxylic acids is 3. The van der Waals surface area contributed by atoms with Crippen molar-refractivity contribution < 1.29 is 102 Å². The van der Waals surface area contributed by atoms with Crippen LogP contribution in [0, 0.1) is 0 Å². The molecule has 0 unspecified atom stereocenters. The summed E-state index contributed by atoms with van der Waals surface area (Å²) in [5, 5.41) is 24.2. The maximum Gasteiger partial charge on any atom is 0.416 e. The molecule has 0 amide bonds. The number of Topliss-reactive ketones (excluding diaryl/α,β-unsaturated/α-hetero) is 2. The third kappa shape index (κ3) is 18.2. The molecule has 3 N–H and O–H groups in total. The maximum atomic E-state index is 12.7. The normalized spacial score (nSPS) is 11.6. The summed E-state index contributed by atoms with van der Waals surface area (Å²) in [5.74, 6) is -8.00. The molecule has 10 nitrogen and oxygen atoms in total. The molecule has 284 valence electrons. The summed E-state index contributed by atoms with van der Waals surface area (Å²) in [7, 11) is 0. The third-order valence-electron chi connectivity index (χ3n) is 5.42. The highest BCUT2D eigenvalue weighted by molar-refractivity contribution is 9.08. The number of carbonyl (C=O) groups is 6. The quantitative estimate of drug-likeness (QED) is 0.0902. The van der Waals surface area contributed by atoms with Crippen molar-refractivity contribution in [1.29, 1.82) is 0 Å². The fourth-order valence-corrected chi connectivity index (χ4v) is 3.40. The maximum absolute atomic E-state index is 12.7. The molecule has 0 bridgehead atoms. The van der Waals surface area contributed by atoms with Gasteiger partial charge in [-0.05, 0) is 47.5 Å². The summed E-state index contributed by atoms with van der Waals surface area (Å²) in [6.07, 6.45) is -21.9. The predicted molar refractivity (Wildman–Crippen MR) is 147 cm³/mol. The van der Waals surface area contributed by atoms with E-state index in [2.05, 4.69) is 20.7 Å². The first kappa shape index (κ1) is 46.3. The number of hydrogen-bond acceptors (Lipinski definition) is 7. The van der Waals surface area contributed by atoms with Crippen molar-refractivity contribution in [3.63, 3.8) is 0 Å².